The highest BCUT2D eigenvalue weighted by Gasteiger charge is 2.25. The van der Waals surface area contributed by atoms with Crippen LogP contribution in [0.1, 0.15) is 43.5 Å². The van der Waals surface area contributed by atoms with Crippen molar-refractivity contribution in [3.8, 4) is 0 Å². The van der Waals surface area contributed by atoms with E-state index in [0.29, 0.717) is 26.2 Å². The van der Waals surface area contributed by atoms with Crippen molar-refractivity contribution in [1.82, 2.24) is 24.6 Å². The second-order valence-electron chi connectivity index (χ2n) is 8.87. The highest BCUT2D eigenvalue weighted by Crippen LogP contribution is 2.17. The minimum Gasteiger partial charge on any atom is -0.341 e. The monoisotopic (exact) mass is 440 g/mol. The molecule has 2 aliphatic rings. The van der Waals surface area contributed by atoms with Gasteiger partial charge in [0.15, 0.2) is 0 Å². The molecule has 172 valence electrons. The molecule has 32 heavy (non-hydrogen) atoms. The molecule has 4 rings (SSSR count). The van der Waals surface area contributed by atoms with Gasteiger partial charge in [0.05, 0.1) is 0 Å². The zero-order chi connectivity index (χ0) is 22.5. The van der Waals surface area contributed by atoms with Gasteiger partial charge in [-0.15, -0.1) is 0 Å². The van der Waals surface area contributed by atoms with Crippen molar-refractivity contribution in [3.05, 3.63) is 46.1 Å². The lowest BCUT2D eigenvalue weighted by atomic mass is 9.98. The number of hydrogen-bond donors (Lipinski definition) is 2. The third kappa shape index (κ3) is 5.38. The number of carbonyl (C=O) groups excluding carboxylic acids is 2. The Kier molecular flexibility index (Phi) is 6.92. The average molecular weight is 441 g/mol. The predicted molar refractivity (Wildman–Crippen MR) is 122 cm³/mol. The number of rotatable bonds is 5. The Morgan fingerprint density at radius 1 is 1.09 bits per heavy atom. The average Bonchev–Trinajstić information content (AvgIpc) is 2.94. The maximum absolute atomic E-state index is 12.9. The Labute approximate surface area is 187 Å². The summed E-state index contributed by atoms with van der Waals surface area (Å²) >= 11 is 0. The third-order valence-electron chi connectivity index (χ3n) is 6.30. The number of hydrogen-bond acceptors (Lipinski definition) is 4. The molecule has 9 nitrogen and oxygen atoms in total. The summed E-state index contributed by atoms with van der Waals surface area (Å²) in [7, 11) is 0. The van der Waals surface area contributed by atoms with E-state index in [1.54, 1.807) is 9.47 Å². The fraction of sp³-hybridized carbons (Fsp3) is 0.565. The van der Waals surface area contributed by atoms with Crippen LogP contribution >= 0.6 is 0 Å². The molecule has 1 unspecified atom stereocenters. The van der Waals surface area contributed by atoms with Gasteiger partial charge in [-0.1, -0.05) is 24.1 Å². The lowest BCUT2D eigenvalue weighted by Crippen LogP contribution is -2.46. The van der Waals surface area contributed by atoms with E-state index in [0.717, 1.165) is 55.6 Å². The van der Waals surface area contributed by atoms with Crippen LogP contribution < -0.4 is 16.3 Å². The van der Waals surface area contributed by atoms with Gasteiger partial charge in [0, 0.05) is 38.3 Å². The summed E-state index contributed by atoms with van der Waals surface area (Å²) < 4.78 is 3.04. The molecule has 1 saturated heterocycles. The zero-order valence-electron chi connectivity index (χ0n) is 18.7. The van der Waals surface area contributed by atoms with Crippen LogP contribution in [-0.4, -0.2) is 50.8 Å². The summed E-state index contributed by atoms with van der Waals surface area (Å²) in [6.45, 7) is 4.41. The van der Waals surface area contributed by atoms with Crippen LogP contribution in [0.4, 0.5) is 10.5 Å². The first-order valence-electron chi connectivity index (χ1n) is 11.6. The molecule has 0 spiro atoms. The molecule has 3 heterocycles. The number of urea groups is 1. The predicted octanol–water partition coefficient (Wildman–Crippen LogP) is 2.14. The molecule has 0 aliphatic carbocycles. The van der Waals surface area contributed by atoms with Gasteiger partial charge in [0.25, 0.3) is 0 Å². The Morgan fingerprint density at radius 2 is 1.91 bits per heavy atom. The largest absolute Gasteiger partial charge is 0.346 e. The SMILES string of the molecule is Cc1ccc(NC(=O)NCC2CCCN(C(=O)Cn3nc4n(c3=O)CCCCC4)C2)cc1. The summed E-state index contributed by atoms with van der Waals surface area (Å²) in [5.74, 6) is 0.890. The molecule has 2 N–H and O–H groups in total. The maximum Gasteiger partial charge on any atom is 0.346 e. The van der Waals surface area contributed by atoms with Crippen LogP contribution in [0.5, 0.6) is 0 Å². The number of aromatic nitrogens is 3. The van der Waals surface area contributed by atoms with E-state index in [1.165, 1.54) is 4.68 Å². The molecule has 2 aromatic rings. The molecule has 1 aromatic heterocycles. The minimum atomic E-state index is -0.247. The number of amides is 3. The molecule has 0 bridgehead atoms. The number of carbonyl (C=O) groups is 2. The standard InChI is InChI=1S/C23H32N6O3/c1-17-8-10-19(11-9-17)25-22(31)24-14-18-6-5-12-27(15-18)21(30)16-29-23(32)28-13-4-2-3-7-20(28)26-29/h8-11,18H,2-7,12-16H2,1H3,(H2,24,25,31). The van der Waals surface area contributed by atoms with Crippen LogP contribution in [0.2, 0.25) is 0 Å². The Morgan fingerprint density at radius 3 is 2.72 bits per heavy atom. The molecule has 2 aliphatic heterocycles. The first-order valence-corrected chi connectivity index (χ1v) is 11.6. The number of likely N-dealkylation sites (tertiary alicyclic amines) is 1. The summed E-state index contributed by atoms with van der Waals surface area (Å²) in [5, 5.41) is 10.2. The van der Waals surface area contributed by atoms with Crippen molar-refractivity contribution in [1.29, 1.82) is 0 Å². The molecule has 3 amide bonds. The number of piperidine rings is 1. The minimum absolute atomic E-state index is 0.0209. The maximum atomic E-state index is 12.9. The van der Waals surface area contributed by atoms with Gasteiger partial charge >= 0.3 is 11.7 Å². The van der Waals surface area contributed by atoms with Gasteiger partial charge < -0.3 is 15.5 Å². The summed E-state index contributed by atoms with van der Waals surface area (Å²) in [4.78, 5) is 39.5. The van der Waals surface area contributed by atoms with Crippen LogP contribution in [0.15, 0.2) is 29.1 Å². The first-order chi connectivity index (χ1) is 15.5. The third-order valence-corrected chi connectivity index (χ3v) is 6.30. The molecule has 1 fully saturated rings. The van der Waals surface area contributed by atoms with E-state index in [9.17, 15) is 14.4 Å². The molecule has 0 saturated carbocycles. The Balaban J connectivity index is 1.28. The van der Waals surface area contributed by atoms with Gasteiger partial charge in [0.2, 0.25) is 5.91 Å². The Bertz CT molecular complexity index is 1010. The number of nitrogens with zero attached hydrogens (tertiary/aromatic N) is 4. The number of benzene rings is 1. The summed E-state index contributed by atoms with van der Waals surface area (Å²) in [6.07, 6.45) is 5.74. The number of nitrogens with one attached hydrogen (secondary N) is 2. The van der Waals surface area contributed by atoms with Crippen LogP contribution in [0.3, 0.4) is 0 Å². The van der Waals surface area contributed by atoms with Gasteiger partial charge in [-0.25, -0.2) is 14.3 Å². The zero-order valence-corrected chi connectivity index (χ0v) is 18.7. The second-order valence-corrected chi connectivity index (χ2v) is 8.87. The quantitative estimate of drug-likeness (QED) is 0.744. The summed E-state index contributed by atoms with van der Waals surface area (Å²) in [6, 6.07) is 7.39. The molecular weight excluding hydrogens is 408 g/mol. The topological polar surface area (TPSA) is 101 Å². The van der Waals surface area contributed by atoms with Crippen molar-refractivity contribution >= 4 is 17.6 Å². The highest BCUT2D eigenvalue weighted by atomic mass is 16.2. The van der Waals surface area contributed by atoms with E-state index in [-0.39, 0.29) is 30.1 Å². The Hall–Kier alpha value is -3.10. The molecule has 0 radical (unpaired) electrons. The van der Waals surface area contributed by atoms with Crippen LogP contribution in [0.25, 0.3) is 0 Å². The first kappa shape index (κ1) is 22.1. The smallest absolute Gasteiger partial charge is 0.341 e. The number of anilines is 1. The lowest BCUT2D eigenvalue weighted by molar-refractivity contribution is -0.133. The summed E-state index contributed by atoms with van der Waals surface area (Å²) in [5.41, 5.74) is 1.70. The van der Waals surface area contributed by atoms with E-state index >= 15 is 0 Å². The normalized spacial score (nSPS) is 18.5. The number of aryl methyl sites for hydroxylation is 2. The lowest BCUT2D eigenvalue weighted by Gasteiger charge is -2.32. The fourth-order valence-electron chi connectivity index (χ4n) is 4.46. The van der Waals surface area contributed by atoms with E-state index in [2.05, 4.69) is 15.7 Å². The van der Waals surface area contributed by atoms with Crippen LogP contribution in [0, 0.1) is 12.8 Å². The number of fused-ring (bicyclic) bond motifs is 1. The van der Waals surface area contributed by atoms with E-state index in [1.807, 2.05) is 31.2 Å². The van der Waals surface area contributed by atoms with E-state index in [4.69, 9.17) is 0 Å². The molecule has 1 aromatic carbocycles. The molecule has 9 heteroatoms. The van der Waals surface area contributed by atoms with Gasteiger partial charge in [0.1, 0.15) is 12.4 Å². The van der Waals surface area contributed by atoms with E-state index < -0.39 is 0 Å². The van der Waals surface area contributed by atoms with Gasteiger partial charge in [-0.2, -0.15) is 5.10 Å². The highest BCUT2D eigenvalue weighted by molar-refractivity contribution is 5.89. The van der Waals surface area contributed by atoms with Crippen molar-refractivity contribution in [2.75, 3.05) is 25.0 Å². The fourth-order valence-corrected chi connectivity index (χ4v) is 4.46. The second kappa shape index (κ2) is 10.0. The van der Waals surface area contributed by atoms with Crippen molar-refractivity contribution < 1.29 is 9.59 Å². The van der Waals surface area contributed by atoms with Crippen molar-refractivity contribution in [3.63, 3.8) is 0 Å². The van der Waals surface area contributed by atoms with Crippen molar-refractivity contribution in [2.45, 2.75) is 58.5 Å². The van der Waals surface area contributed by atoms with Gasteiger partial charge in [-0.05, 0) is 50.7 Å². The van der Waals surface area contributed by atoms with Crippen molar-refractivity contribution in [2.24, 2.45) is 5.92 Å². The van der Waals surface area contributed by atoms with Crippen LogP contribution in [-0.2, 0) is 24.3 Å². The molecule has 1 atom stereocenters. The van der Waals surface area contributed by atoms with Gasteiger partial charge in [-0.3, -0.25) is 9.36 Å². The molecular formula is C23H32N6O3.